The Morgan fingerprint density at radius 2 is 1.41 bits per heavy atom. The SMILES string of the molecule is CC1=Cc2c(-c3ccc(C(C)(C)C)cc3)cccc2C1c1cc2c3c(-c4ccccc4)c1[Si](C)(C)C3=C(C(C)C)[CH]2[Zr+2].[Cl-].[Cl-]. The molecule has 0 aromatic heterocycles. The number of rotatable bonds is 4. The molecule has 3 aliphatic rings. The fourth-order valence-corrected chi connectivity index (χ4v) is 14.5. The first-order valence-electron chi connectivity index (χ1n) is 15.6. The van der Waals surface area contributed by atoms with Crippen molar-refractivity contribution in [2.45, 2.75) is 69.6 Å². The van der Waals surface area contributed by atoms with Gasteiger partial charge in [0, 0.05) is 0 Å². The van der Waals surface area contributed by atoms with Crippen LogP contribution in [-0.2, 0) is 30.1 Å². The molecule has 2 unspecified atom stereocenters. The van der Waals surface area contributed by atoms with E-state index in [0.29, 0.717) is 15.5 Å². The zero-order chi connectivity index (χ0) is 29.7. The van der Waals surface area contributed by atoms with Crippen LogP contribution in [0.3, 0.4) is 0 Å². The van der Waals surface area contributed by atoms with Crippen molar-refractivity contribution < 1.29 is 49.5 Å². The van der Waals surface area contributed by atoms with Crippen LogP contribution in [0.1, 0.15) is 84.5 Å². The molecule has 223 valence electrons. The number of fused-ring (bicyclic) bond motifs is 2. The van der Waals surface area contributed by atoms with Crippen molar-refractivity contribution in [3.8, 4) is 22.3 Å². The number of halogens is 2. The minimum Gasteiger partial charge on any atom is -1.00 e. The topological polar surface area (TPSA) is 0 Å². The second-order valence-electron chi connectivity index (χ2n) is 14.5. The van der Waals surface area contributed by atoms with Gasteiger partial charge in [-0.2, -0.15) is 0 Å². The van der Waals surface area contributed by atoms with E-state index in [-0.39, 0.29) is 30.2 Å². The smallest absolute Gasteiger partial charge is 1.00 e. The maximum Gasteiger partial charge on any atom is -1.00 e. The second kappa shape index (κ2) is 11.7. The van der Waals surface area contributed by atoms with Crippen LogP contribution in [0.4, 0.5) is 0 Å². The maximum atomic E-state index is 2.68. The summed E-state index contributed by atoms with van der Waals surface area (Å²) in [6.07, 6.45) is 2.50. The van der Waals surface area contributed by atoms with Gasteiger partial charge in [0.2, 0.25) is 0 Å². The van der Waals surface area contributed by atoms with Gasteiger partial charge in [-0.15, -0.1) is 0 Å². The molecule has 0 nitrogen and oxygen atoms in total. The van der Waals surface area contributed by atoms with E-state index in [0.717, 1.165) is 0 Å². The number of allylic oxidation sites excluding steroid dienone is 2. The zero-order valence-corrected chi connectivity index (χ0v) is 32.0. The van der Waals surface area contributed by atoms with Gasteiger partial charge in [-0.1, -0.05) is 20.8 Å². The molecule has 1 aliphatic heterocycles. The van der Waals surface area contributed by atoms with Crippen LogP contribution in [0.25, 0.3) is 33.5 Å². The molecule has 2 bridgehead atoms. The predicted octanol–water partition coefficient (Wildman–Crippen LogP) is 4.35. The third-order valence-electron chi connectivity index (χ3n) is 10.1. The molecule has 4 aromatic rings. The van der Waals surface area contributed by atoms with Crippen LogP contribution < -0.4 is 30.0 Å². The molecule has 2 atom stereocenters. The Kier molecular flexibility index (Phi) is 8.87. The van der Waals surface area contributed by atoms with Gasteiger partial charge in [-0.25, -0.2) is 0 Å². The van der Waals surface area contributed by atoms with E-state index in [1.54, 1.807) is 62.9 Å². The van der Waals surface area contributed by atoms with Gasteiger partial charge in [-0.05, 0) is 5.41 Å². The molecule has 0 spiro atoms. The fraction of sp³-hybridized carbons (Fsp3) is 0.300. The van der Waals surface area contributed by atoms with E-state index >= 15 is 0 Å². The Morgan fingerprint density at radius 3 is 2.02 bits per heavy atom. The quantitative estimate of drug-likeness (QED) is 0.277. The van der Waals surface area contributed by atoms with Gasteiger partial charge in [0.25, 0.3) is 0 Å². The predicted molar refractivity (Wildman–Crippen MR) is 180 cm³/mol. The Morgan fingerprint density at radius 1 is 0.750 bits per heavy atom. The summed E-state index contributed by atoms with van der Waals surface area (Å²) in [6.45, 7) is 19.4. The summed E-state index contributed by atoms with van der Waals surface area (Å²) in [4.78, 5) is 0. The van der Waals surface area contributed by atoms with E-state index < -0.39 is 8.07 Å². The molecule has 7 rings (SSSR count). The number of hydrogen-bond donors (Lipinski definition) is 0. The molecule has 0 amide bonds. The molecule has 4 heteroatoms. The van der Waals surface area contributed by atoms with Crippen molar-refractivity contribution in [3.63, 3.8) is 0 Å². The molecule has 44 heavy (non-hydrogen) atoms. The summed E-state index contributed by atoms with van der Waals surface area (Å²) >= 11 is 1.63. The van der Waals surface area contributed by atoms with Crippen LogP contribution in [0.15, 0.2) is 90.0 Å². The molecule has 4 aromatic carbocycles. The summed E-state index contributed by atoms with van der Waals surface area (Å²) in [5.41, 5.74) is 18.1. The largest absolute Gasteiger partial charge is 1.00 e. The van der Waals surface area contributed by atoms with E-state index in [2.05, 4.69) is 140 Å². The first-order chi connectivity index (χ1) is 19.9. The molecule has 2 aliphatic carbocycles. The van der Waals surface area contributed by atoms with Gasteiger partial charge in [0.05, 0.1) is 0 Å². The third kappa shape index (κ3) is 4.86. The number of hydrogen-bond acceptors (Lipinski definition) is 0. The molecule has 0 fully saturated rings. The van der Waals surface area contributed by atoms with Crippen molar-refractivity contribution in [2.75, 3.05) is 0 Å². The monoisotopic (exact) mass is 709 g/mol. The average molecular weight is 712 g/mol. The summed E-state index contributed by atoms with van der Waals surface area (Å²) in [5, 5.41) is 3.45. The molecule has 0 N–H and O–H groups in total. The van der Waals surface area contributed by atoms with Crippen molar-refractivity contribution in [1.29, 1.82) is 0 Å². The van der Waals surface area contributed by atoms with Gasteiger partial charge >= 0.3 is 244 Å². The van der Waals surface area contributed by atoms with E-state index in [1.165, 1.54) is 39.0 Å². The standard InChI is InChI=1S/C40H41Si.2ClH.Zr/c1-24(2)32-22-28-23-34(39-36(27-13-10-9-11-14-27)37(28)38(32)41(39,7)8)35-25(3)21-33-30(15-12-16-31(33)35)26-17-19-29(20-18-26)40(4,5)6;;;/h9-24,35H,1-8H3;2*1H;/q;;;+2/p-2. The van der Waals surface area contributed by atoms with E-state index in [1.807, 2.05) is 0 Å². The van der Waals surface area contributed by atoms with E-state index in [4.69, 9.17) is 0 Å². The van der Waals surface area contributed by atoms with Crippen LogP contribution in [0.2, 0.25) is 13.1 Å². The summed E-state index contributed by atoms with van der Waals surface area (Å²) in [7, 11) is -1.93. The minimum atomic E-state index is -1.93. The number of benzene rings is 4. The first-order valence-corrected chi connectivity index (χ1v) is 20.0. The summed E-state index contributed by atoms with van der Waals surface area (Å²) in [5.74, 6) is 0.907. The fourth-order valence-electron chi connectivity index (χ4n) is 8.26. The van der Waals surface area contributed by atoms with Crippen LogP contribution >= 0.6 is 0 Å². The van der Waals surface area contributed by atoms with Crippen LogP contribution in [0, 0.1) is 5.92 Å². The normalized spacial score (nSPS) is 19.1. The first kappa shape index (κ1) is 33.4. The molecule has 0 radical (unpaired) electrons. The second-order valence-corrected chi connectivity index (χ2v) is 20.2. The van der Waals surface area contributed by atoms with Gasteiger partial charge in [0.1, 0.15) is 0 Å². The van der Waals surface area contributed by atoms with Crippen molar-refractivity contribution >= 4 is 24.5 Å². The maximum absolute atomic E-state index is 2.68. The van der Waals surface area contributed by atoms with Crippen LogP contribution in [-0.4, -0.2) is 8.07 Å². The minimum absolute atomic E-state index is 0. The van der Waals surface area contributed by atoms with E-state index in [9.17, 15) is 0 Å². The summed E-state index contributed by atoms with van der Waals surface area (Å²) < 4.78 is 0.572. The molecular formula is C40H41Cl2SiZr. The Balaban J connectivity index is 0.00000192. The third-order valence-corrected chi connectivity index (χ3v) is 15.2. The summed E-state index contributed by atoms with van der Waals surface area (Å²) in [6, 6.07) is 30.3. The Bertz CT molecular complexity index is 1820. The Hall–Kier alpha value is -1.96. The van der Waals surface area contributed by atoms with Gasteiger partial charge < -0.3 is 24.8 Å². The van der Waals surface area contributed by atoms with Crippen molar-refractivity contribution in [1.82, 2.24) is 0 Å². The molecule has 0 saturated carbocycles. The van der Waals surface area contributed by atoms with Crippen molar-refractivity contribution in [3.05, 3.63) is 123 Å². The zero-order valence-electron chi connectivity index (χ0n) is 27.1. The molecular weight excluding hydrogens is 671 g/mol. The van der Waals surface area contributed by atoms with Gasteiger partial charge in [0.15, 0.2) is 0 Å². The Labute approximate surface area is 293 Å². The van der Waals surface area contributed by atoms with Crippen molar-refractivity contribution in [2.24, 2.45) is 5.92 Å². The molecule has 1 heterocycles. The average Bonchev–Trinajstić information content (AvgIpc) is 3.51. The molecule has 0 saturated heterocycles. The van der Waals surface area contributed by atoms with Gasteiger partial charge in [-0.3, -0.25) is 0 Å². The van der Waals surface area contributed by atoms with Crippen LogP contribution in [0.5, 0.6) is 0 Å².